The number of amides is 1. The summed E-state index contributed by atoms with van der Waals surface area (Å²) < 4.78 is 0.640. The number of hydrogen-bond acceptors (Lipinski definition) is 1. The van der Waals surface area contributed by atoms with Crippen molar-refractivity contribution in [2.24, 2.45) is 0 Å². The summed E-state index contributed by atoms with van der Waals surface area (Å²) in [4.78, 5) is 13.1. The Morgan fingerprint density at radius 3 is 2.18 bits per heavy atom. The molecule has 0 aliphatic carbocycles. The average molecular weight is 220 g/mol. The van der Waals surface area contributed by atoms with Crippen molar-refractivity contribution in [2.45, 2.75) is 20.8 Å². The summed E-state index contributed by atoms with van der Waals surface area (Å²) in [6, 6.07) is 0. The van der Waals surface area contributed by atoms with E-state index in [0.717, 1.165) is 13.1 Å². The van der Waals surface area contributed by atoms with Gasteiger partial charge in [0.2, 0.25) is 0 Å². The molecule has 64 valence electrons. The van der Waals surface area contributed by atoms with Crippen molar-refractivity contribution < 1.29 is 4.79 Å². The zero-order chi connectivity index (χ0) is 8.85. The largest absolute Gasteiger partial charge is 0.339 e. The maximum atomic E-state index is 11.3. The van der Waals surface area contributed by atoms with Crippen LogP contribution < -0.4 is 0 Å². The van der Waals surface area contributed by atoms with E-state index in [2.05, 4.69) is 15.9 Å². The van der Waals surface area contributed by atoms with Gasteiger partial charge in [-0.15, -0.1) is 0 Å². The van der Waals surface area contributed by atoms with Crippen LogP contribution in [-0.4, -0.2) is 23.9 Å². The molecule has 3 heteroatoms. The van der Waals surface area contributed by atoms with Crippen LogP contribution in [0.1, 0.15) is 20.8 Å². The number of carbonyl (C=O) groups is 1. The molecule has 0 unspecified atom stereocenters. The summed E-state index contributed by atoms with van der Waals surface area (Å²) in [5.74, 6) is 0.0671. The minimum atomic E-state index is 0.0671. The Labute approximate surface area is 76.4 Å². The van der Waals surface area contributed by atoms with Crippen molar-refractivity contribution in [3.63, 3.8) is 0 Å². The van der Waals surface area contributed by atoms with Gasteiger partial charge in [-0.05, 0) is 36.7 Å². The lowest BCUT2D eigenvalue weighted by Gasteiger charge is -2.17. The van der Waals surface area contributed by atoms with Crippen LogP contribution in [0.3, 0.4) is 0 Å². The van der Waals surface area contributed by atoms with Crippen LogP contribution in [0.25, 0.3) is 0 Å². The molecule has 0 spiro atoms. The lowest BCUT2D eigenvalue weighted by Crippen LogP contribution is -2.30. The Morgan fingerprint density at radius 1 is 1.45 bits per heavy atom. The zero-order valence-electron chi connectivity index (χ0n) is 7.22. The molecule has 1 amide bonds. The predicted octanol–water partition coefficient (Wildman–Crippen LogP) is 2.15. The van der Waals surface area contributed by atoms with Crippen molar-refractivity contribution in [3.05, 3.63) is 10.6 Å². The number of carbonyl (C=O) groups excluding carboxylic acids is 1. The van der Waals surface area contributed by atoms with Gasteiger partial charge in [-0.3, -0.25) is 4.79 Å². The van der Waals surface area contributed by atoms with Crippen LogP contribution in [0.2, 0.25) is 0 Å². The maximum Gasteiger partial charge on any atom is 0.260 e. The first-order chi connectivity index (χ1) is 5.17. The lowest BCUT2D eigenvalue weighted by molar-refractivity contribution is -0.125. The highest BCUT2D eigenvalue weighted by molar-refractivity contribution is 9.12. The van der Waals surface area contributed by atoms with Gasteiger partial charge in [0, 0.05) is 13.1 Å². The number of likely N-dealkylation sites (N-methyl/N-ethyl adjacent to an activating group) is 1. The normalized spacial score (nSPS) is 11.5. The van der Waals surface area contributed by atoms with E-state index in [4.69, 9.17) is 0 Å². The number of rotatable bonds is 3. The highest BCUT2D eigenvalue weighted by atomic mass is 79.9. The third-order valence-electron chi connectivity index (χ3n) is 1.51. The standard InChI is InChI=1S/C8H14BrNO/c1-4-7(9)8(11)10(5-2)6-3/h4H,5-6H2,1-3H3. The second-order valence-corrected chi connectivity index (χ2v) is 2.97. The summed E-state index contributed by atoms with van der Waals surface area (Å²) in [7, 11) is 0. The van der Waals surface area contributed by atoms with E-state index >= 15 is 0 Å². The van der Waals surface area contributed by atoms with Gasteiger partial charge in [0.05, 0.1) is 4.48 Å². The fraction of sp³-hybridized carbons (Fsp3) is 0.625. The second-order valence-electron chi connectivity index (χ2n) is 2.11. The maximum absolute atomic E-state index is 11.3. The van der Waals surface area contributed by atoms with E-state index in [9.17, 15) is 4.79 Å². The van der Waals surface area contributed by atoms with Gasteiger partial charge < -0.3 is 4.90 Å². The molecule has 0 aromatic rings. The van der Waals surface area contributed by atoms with Gasteiger partial charge in [0.25, 0.3) is 5.91 Å². The van der Waals surface area contributed by atoms with Crippen LogP contribution >= 0.6 is 15.9 Å². The fourth-order valence-electron chi connectivity index (χ4n) is 0.785. The first-order valence-corrected chi connectivity index (χ1v) is 4.57. The summed E-state index contributed by atoms with van der Waals surface area (Å²) in [6.45, 7) is 7.30. The minimum Gasteiger partial charge on any atom is -0.339 e. The van der Waals surface area contributed by atoms with Crippen molar-refractivity contribution in [3.8, 4) is 0 Å². The van der Waals surface area contributed by atoms with Gasteiger partial charge in [0.1, 0.15) is 0 Å². The summed E-state index contributed by atoms with van der Waals surface area (Å²) >= 11 is 3.19. The van der Waals surface area contributed by atoms with Crippen molar-refractivity contribution in [1.82, 2.24) is 4.90 Å². The topological polar surface area (TPSA) is 20.3 Å². The van der Waals surface area contributed by atoms with E-state index < -0.39 is 0 Å². The Kier molecular flexibility index (Phi) is 5.20. The molecule has 0 aromatic heterocycles. The SMILES string of the molecule is CC=C(Br)C(=O)N(CC)CC. The quantitative estimate of drug-likeness (QED) is 0.667. The Morgan fingerprint density at radius 2 is 1.91 bits per heavy atom. The van der Waals surface area contributed by atoms with Crippen LogP contribution in [0.15, 0.2) is 10.6 Å². The molecule has 0 bridgehead atoms. The molecule has 0 atom stereocenters. The number of nitrogens with zero attached hydrogens (tertiary/aromatic N) is 1. The van der Waals surface area contributed by atoms with Gasteiger partial charge in [-0.1, -0.05) is 6.08 Å². The Bertz CT molecular complexity index is 161. The van der Waals surface area contributed by atoms with E-state index in [1.807, 2.05) is 20.8 Å². The monoisotopic (exact) mass is 219 g/mol. The van der Waals surface area contributed by atoms with Crippen molar-refractivity contribution in [2.75, 3.05) is 13.1 Å². The molecule has 0 heterocycles. The smallest absolute Gasteiger partial charge is 0.260 e. The Hall–Kier alpha value is -0.310. The average Bonchev–Trinajstić information content (AvgIpc) is 2.05. The van der Waals surface area contributed by atoms with E-state index in [1.165, 1.54) is 0 Å². The number of halogens is 1. The zero-order valence-corrected chi connectivity index (χ0v) is 8.81. The molecular formula is C8H14BrNO. The molecule has 0 radical (unpaired) electrons. The third kappa shape index (κ3) is 3.06. The molecule has 2 nitrogen and oxygen atoms in total. The number of hydrogen-bond donors (Lipinski definition) is 0. The first kappa shape index (κ1) is 10.7. The van der Waals surface area contributed by atoms with Gasteiger partial charge in [0.15, 0.2) is 0 Å². The van der Waals surface area contributed by atoms with E-state index in [1.54, 1.807) is 11.0 Å². The van der Waals surface area contributed by atoms with E-state index in [0.29, 0.717) is 4.48 Å². The molecule has 0 rings (SSSR count). The van der Waals surface area contributed by atoms with Crippen LogP contribution in [0, 0.1) is 0 Å². The van der Waals surface area contributed by atoms with Crippen molar-refractivity contribution in [1.29, 1.82) is 0 Å². The fourth-order valence-corrected chi connectivity index (χ4v) is 1.04. The highest BCUT2D eigenvalue weighted by Gasteiger charge is 2.10. The molecule has 11 heavy (non-hydrogen) atoms. The Balaban J connectivity index is 4.21. The van der Waals surface area contributed by atoms with Crippen molar-refractivity contribution >= 4 is 21.8 Å². The second kappa shape index (κ2) is 5.35. The molecule has 0 aliphatic rings. The molecular weight excluding hydrogens is 206 g/mol. The molecule has 0 aromatic carbocycles. The highest BCUT2D eigenvalue weighted by Crippen LogP contribution is 2.08. The molecule has 0 aliphatic heterocycles. The van der Waals surface area contributed by atoms with Crippen LogP contribution in [0.5, 0.6) is 0 Å². The minimum absolute atomic E-state index is 0.0671. The molecule has 0 saturated carbocycles. The predicted molar refractivity (Wildman–Crippen MR) is 50.6 cm³/mol. The molecule has 0 saturated heterocycles. The van der Waals surface area contributed by atoms with Gasteiger partial charge in [-0.2, -0.15) is 0 Å². The number of allylic oxidation sites excluding steroid dienone is 1. The molecule has 0 fully saturated rings. The summed E-state index contributed by atoms with van der Waals surface area (Å²) in [6.07, 6.45) is 1.76. The summed E-state index contributed by atoms with van der Waals surface area (Å²) in [5.41, 5.74) is 0. The molecule has 0 N–H and O–H groups in total. The lowest BCUT2D eigenvalue weighted by atomic mass is 10.4. The third-order valence-corrected chi connectivity index (χ3v) is 2.31. The van der Waals surface area contributed by atoms with Gasteiger partial charge >= 0.3 is 0 Å². The van der Waals surface area contributed by atoms with E-state index in [-0.39, 0.29) is 5.91 Å². The van der Waals surface area contributed by atoms with Gasteiger partial charge in [-0.25, -0.2) is 0 Å². The summed E-state index contributed by atoms with van der Waals surface area (Å²) in [5, 5.41) is 0. The van der Waals surface area contributed by atoms with Crippen LogP contribution in [-0.2, 0) is 4.79 Å². The van der Waals surface area contributed by atoms with Crippen LogP contribution in [0.4, 0.5) is 0 Å². The first-order valence-electron chi connectivity index (χ1n) is 3.78.